The Morgan fingerprint density at radius 2 is 2.05 bits per heavy atom. The van der Waals surface area contributed by atoms with Gasteiger partial charge in [0.25, 0.3) is 0 Å². The molecule has 1 aliphatic heterocycles. The average molecular weight is 397 g/mol. The van der Waals surface area contributed by atoms with Gasteiger partial charge in [0, 0.05) is 19.3 Å². The van der Waals surface area contributed by atoms with Crippen LogP contribution in [0.3, 0.4) is 0 Å². The van der Waals surface area contributed by atoms with Crippen molar-refractivity contribution in [2.45, 2.75) is 19.5 Å². The number of benzene rings is 1. The number of halogens is 1. The molecule has 0 bridgehead atoms. The largest absolute Gasteiger partial charge is 0.356 e. The van der Waals surface area contributed by atoms with Gasteiger partial charge in [0.1, 0.15) is 0 Å². The van der Waals surface area contributed by atoms with E-state index in [0.29, 0.717) is 6.54 Å². The molecule has 6 heteroatoms. The number of nitrogens with zero attached hydrogens (tertiary/aromatic N) is 3. The maximum absolute atomic E-state index is 4.56. The van der Waals surface area contributed by atoms with Crippen LogP contribution in [-0.4, -0.2) is 28.8 Å². The molecule has 1 aliphatic rings. The Morgan fingerprint density at radius 3 is 2.81 bits per heavy atom. The molecule has 0 unspecified atom stereocenters. The molecule has 21 heavy (non-hydrogen) atoms. The lowest BCUT2D eigenvalue weighted by atomic mass is 10.2. The molecule has 1 aromatic carbocycles. The second-order valence-electron chi connectivity index (χ2n) is 4.85. The van der Waals surface area contributed by atoms with Gasteiger partial charge in [-0.2, -0.15) is 5.10 Å². The molecule has 2 heterocycles. The van der Waals surface area contributed by atoms with Crippen molar-refractivity contribution >= 4 is 29.9 Å². The maximum Gasteiger partial charge on any atom is 0.191 e. The molecule has 0 amide bonds. The van der Waals surface area contributed by atoms with Gasteiger partial charge in [-0.3, -0.25) is 9.67 Å². The molecule has 3 rings (SSSR count). The third-order valence-electron chi connectivity index (χ3n) is 3.22. The molecule has 0 saturated carbocycles. The fourth-order valence-corrected chi connectivity index (χ4v) is 2.18. The van der Waals surface area contributed by atoms with Crippen molar-refractivity contribution in [2.75, 3.05) is 13.1 Å². The highest BCUT2D eigenvalue weighted by molar-refractivity contribution is 14.0. The number of aromatic nitrogens is 2. The van der Waals surface area contributed by atoms with Crippen molar-refractivity contribution in [3.8, 4) is 0 Å². The van der Waals surface area contributed by atoms with Crippen LogP contribution in [0.2, 0.25) is 0 Å². The zero-order valence-corrected chi connectivity index (χ0v) is 14.2. The maximum atomic E-state index is 4.56. The lowest BCUT2D eigenvalue weighted by Gasteiger charge is -2.15. The monoisotopic (exact) mass is 397 g/mol. The molecular formula is C15H20IN5. The molecule has 1 aromatic heterocycles. The highest BCUT2D eigenvalue weighted by Gasteiger charge is 2.04. The van der Waals surface area contributed by atoms with Crippen LogP contribution < -0.4 is 10.6 Å². The van der Waals surface area contributed by atoms with Crippen LogP contribution in [0.4, 0.5) is 0 Å². The molecule has 0 radical (unpaired) electrons. The second kappa shape index (κ2) is 8.02. The zero-order valence-electron chi connectivity index (χ0n) is 11.8. The summed E-state index contributed by atoms with van der Waals surface area (Å²) >= 11 is 0. The first-order valence-electron chi connectivity index (χ1n) is 6.98. The Bertz CT molecular complexity index is 579. The van der Waals surface area contributed by atoms with Crippen LogP contribution in [-0.2, 0) is 13.1 Å². The molecule has 2 aromatic rings. The van der Waals surface area contributed by atoms with Crippen LogP contribution >= 0.6 is 24.0 Å². The van der Waals surface area contributed by atoms with E-state index in [-0.39, 0.29) is 24.0 Å². The van der Waals surface area contributed by atoms with Crippen LogP contribution in [0.5, 0.6) is 0 Å². The van der Waals surface area contributed by atoms with E-state index in [1.807, 2.05) is 35.1 Å². The van der Waals surface area contributed by atoms with Gasteiger partial charge in [-0.25, -0.2) is 0 Å². The van der Waals surface area contributed by atoms with E-state index in [4.69, 9.17) is 0 Å². The number of guanidine groups is 1. The summed E-state index contributed by atoms with van der Waals surface area (Å²) in [6.45, 7) is 3.40. The highest BCUT2D eigenvalue weighted by atomic mass is 127. The fourth-order valence-electron chi connectivity index (χ4n) is 2.18. The number of hydrogen-bond donors (Lipinski definition) is 2. The fraction of sp³-hybridized carbons (Fsp3) is 0.333. The van der Waals surface area contributed by atoms with Crippen molar-refractivity contribution in [1.29, 1.82) is 0 Å². The van der Waals surface area contributed by atoms with Crippen molar-refractivity contribution in [3.63, 3.8) is 0 Å². The van der Waals surface area contributed by atoms with Crippen LogP contribution in [0.1, 0.15) is 17.7 Å². The number of rotatable bonds is 4. The summed E-state index contributed by atoms with van der Waals surface area (Å²) < 4.78 is 1.96. The van der Waals surface area contributed by atoms with Crippen molar-refractivity contribution in [3.05, 3.63) is 53.9 Å². The zero-order chi connectivity index (χ0) is 13.6. The molecule has 0 spiro atoms. The Kier molecular flexibility index (Phi) is 6.04. The normalized spacial score (nSPS) is 13.8. The lowest BCUT2D eigenvalue weighted by Crippen LogP contribution is -2.40. The van der Waals surface area contributed by atoms with Gasteiger partial charge in [0.2, 0.25) is 0 Å². The molecule has 112 valence electrons. The first-order chi connectivity index (χ1) is 9.90. The number of nitrogens with one attached hydrogen (secondary N) is 2. The minimum absolute atomic E-state index is 0. The van der Waals surface area contributed by atoms with E-state index in [0.717, 1.165) is 37.7 Å². The Balaban J connectivity index is 0.00000161. The molecule has 2 N–H and O–H groups in total. The van der Waals surface area contributed by atoms with E-state index < -0.39 is 0 Å². The predicted molar refractivity (Wildman–Crippen MR) is 94.9 cm³/mol. The minimum Gasteiger partial charge on any atom is -0.356 e. The summed E-state index contributed by atoms with van der Waals surface area (Å²) in [6, 6.07) is 12.4. The Morgan fingerprint density at radius 1 is 1.19 bits per heavy atom. The summed E-state index contributed by atoms with van der Waals surface area (Å²) in [5.74, 6) is 0.883. The average Bonchev–Trinajstić information content (AvgIpc) is 2.95. The van der Waals surface area contributed by atoms with Gasteiger partial charge in [-0.1, -0.05) is 30.3 Å². The molecule has 0 atom stereocenters. The predicted octanol–water partition coefficient (Wildman–Crippen LogP) is 1.99. The summed E-state index contributed by atoms with van der Waals surface area (Å²) in [5, 5.41) is 11.1. The first-order valence-corrected chi connectivity index (χ1v) is 6.98. The summed E-state index contributed by atoms with van der Waals surface area (Å²) in [6.07, 6.45) is 3.12. The molecule has 0 saturated heterocycles. The summed E-state index contributed by atoms with van der Waals surface area (Å²) in [5.41, 5.74) is 2.28. The Labute approximate surface area is 141 Å². The second-order valence-corrected chi connectivity index (χ2v) is 4.85. The van der Waals surface area contributed by atoms with E-state index in [9.17, 15) is 0 Å². The SMILES string of the molecule is I.c1ccc(Cn2ccc(CNC3=NCCCN3)n2)cc1. The summed E-state index contributed by atoms with van der Waals surface area (Å²) in [4.78, 5) is 4.38. The van der Waals surface area contributed by atoms with Gasteiger partial charge in [0.15, 0.2) is 5.96 Å². The third-order valence-corrected chi connectivity index (χ3v) is 3.22. The van der Waals surface area contributed by atoms with E-state index >= 15 is 0 Å². The number of hydrogen-bond acceptors (Lipinski definition) is 4. The van der Waals surface area contributed by atoms with Gasteiger partial charge in [0.05, 0.1) is 18.8 Å². The quantitative estimate of drug-likeness (QED) is 0.777. The molecular weight excluding hydrogens is 377 g/mol. The van der Waals surface area contributed by atoms with Crippen molar-refractivity contribution in [1.82, 2.24) is 20.4 Å². The molecule has 0 aliphatic carbocycles. The third kappa shape index (κ3) is 4.73. The van der Waals surface area contributed by atoms with Crippen molar-refractivity contribution in [2.24, 2.45) is 4.99 Å². The van der Waals surface area contributed by atoms with Crippen LogP contribution in [0, 0.1) is 0 Å². The van der Waals surface area contributed by atoms with Gasteiger partial charge in [-0.05, 0) is 18.1 Å². The topological polar surface area (TPSA) is 54.2 Å². The number of aliphatic imine (C=N–C) groups is 1. The lowest BCUT2D eigenvalue weighted by molar-refractivity contribution is 0.657. The minimum atomic E-state index is 0. The standard InChI is InChI=1S/C15H19N5.HI/c1-2-5-13(6-3-1)12-20-10-7-14(19-20)11-18-15-16-8-4-9-17-15;/h1-3,5-7,10H,4,8-9,11-12H2,(H2,16,17,18);1H. The Hall–Kier alpha value is -1.57. The van der Waals surface area contributed by atoms with Crippen molar-refractivity contribution < 1.29 is 0 Å². The van der Waals surface area contributed by atoms with Gasteiger partial charge >= 0.3 is 0 Å². The van der Waals surface area contributed by atoms with E-state index in [1.165, 1.54) is 5.56 Å². The first kappa shape index (κ1) is 15.8. The smallest absolute Gasteiger partial charge is 0.191 e. The van der Waals surface area contributed by atoms with E-state index in [2.05, 4.69) is 32.9 Å². The molecule has 5 nitrogen and oxygen atoms in total. The van der Waals surface area contributed by atoms with Gasteiger partial charge < -0.3 is 10.6 Å². The highest BCUT2D eigenvalue weighted by Crippen LogP contribution is 2.03. The van der Waals surface area contributed by atoms with Crippen LogP contribution in [0.15, 0.2) is 47.6 Å². The summed E-state index contributed by atoms with van der Waals surface area (Å²) in [7, 11) is 0. The van der Waals surface area contributed by atoms with Crippen LogP contribution in [0.25, 0.3) is 0 Å². The van der Waals surface area contributed by atoms with E-state index in [1.54, 1.807) is 0 Å². The molecule has 0 fully saturated rings. The van der Waals surface area contributed by atoms with Gasteiger partial charge in [-0.15, -0.1) is 24.0 Å².